The molecule has 84 valence electrons. The Hall–Kier alpha value is -1.26. The first kappa shape index (κ1) is 11.2. The summed E-state index contributed by atoms with van der Waals surface area (Å²) in [6.45, 7) is 1.84. The average Bonchev–Trinajstić information content (AvgIpc) is 2.63. The van der Waals surface area contributed by atoms with Gasteiger partial charge >= 0.3 is 0 Å². The Morgan fingerprint density at radius 1 is 1.25 bits per heavy atom. The molecule has 4 heteroatoms. The molecular weight excluding hydrogens is 230 g/mol. The standard InChI is InChI=1S/C12H10F2OS/c1-7-4-5-16-12(7)11(15)9-3-2-8(13)6-10(9)14/h2-6,11,15H,1H3. The van der Waals surface area contributed by atoms with Crippen molar-refractivity contribution in [3.63, 3.8) is 0 Å². The molecule has 1 N–H and O–H groups in total. The zero-order valence-electron chi connectivity index (χ0n) is 8.58. The van der Waals surface area contributed by atoms with Crippen molar-refractivity contribution in [2.24, 2.45) is 0 Å². The van der Waals surface area contributed by atoms with Crippen LogP contribution in [0.1, 0.15) is 22.1 Å². The summed E-state index contributed by atoms with van der Waals surface area (Å²) in [5.74, 6) is -1.36. The summed E-state index contributed by atoms with van der Waals surface area (Å²) in [6.07, 6.45) is -1.03. The Balaban J connectivity index is 2.41. The number of halogens is 2. The minimum Gasteiger partial charge on any atom is -0.383 e. The fraction of sp³-hybridized carbons (Fsp3) is 0.167. The van der Waals surface area contributed by atoms with Crippen LogP contribution in [-0.2, 0) is 0 Å². The lowest BCUT2D eigenvalue weighted by atomic mass is 10.1. The maximum Gasteiger partial charge on any atom is 0.132 e. The summed E-state index contributed by atoms with van der Waals surface area (Å²) in [4.78, 5) is 0.686. The molecule has 1 heterocycles. The Morgan fingerprint density at radius 3 is 2.56 bits per heavy atom. The van der Waals surface area contributed by atoms with Crippen molar-refractivity contribution < 1.29 is 13.9 Å². The summed E-state index contributed by atoms with van der Waals surface area (Å²) in [5, 5.41) is 11.8. The van der Waals surface area contributed by atoms with E-state index in [0.717, 1.165) is 17.7 Å². The fourth-order valence-electron chi connectivity index (χ4n) is 1.53. The quantitative estimate of drug-likeness (QED) is 0.852. The second kappa shape index (κ2) is 4.31. The zero-order valence-corrected chi connectivity index (χ0v) is 9.39. The van der Waals surface area contributed by atoms with E-state index < -0.39 is 17.7 Å². The molecule has 1 aromatic carbocycles. The molecule has 0 spiro atoms. The van der Waals surface area contributed by atoms with Gasteiger partial charge in [-0.3, -0.25) is 0 Å². The lowest BCUT2D eigenvalue weighted by Crippen LogP contribution is -2.02. The molecule has 1 aromatic heterocycles. The van der Waals surface area contributed by atoms with E-state index >= 15 is 0 Å². The highest BCUT2D eigenvalue weighted by Crippen LogP contribution is 2.30. The molecule has 2 aromatic rings. The van der Waals surface area contributed by atoms with Crippen LogP contribution in [0, 0.1) is 18.6 Å². The van der Waals surface area contributed by atoms with E-state index in [2.05, 4.69) is 0 Å². The van der Waals surface area contributed by atoms with Gasteiger partial charge in [0.15, 0.2) is 0 Å². The summed E-state index contributed by atoms with van der Waals surface area (Å²) in [7, 11) is 0. The molecule has 0 amide bonds. The van der Waals surface area contributed by atoms with Crippen LogP contribution in [0.3, 0.4) is 0 Å². The van der Waals surface area contributed by atoms with Crippen LogP contribution in [0.25, 0.3) is 0 Å². The number of aryl methyl sites for hydroxylation is 1. The van der Waals surface area contributed by atoms with Gasteiger partial charge < -0.3 is 5.11 Å². The van der Waals surface area contributed by atoms with Gasteiger partial charge in [0, 0.05) is 16.5 Å². The van der Waals surface area contributed by atoms with Gasteiger partial charge in [0.1, 0.15) is 17.7 Å². The van der Waals surface area contributed by atoms with Gasteiger partial charge in [0.05, 0.1) is 0 Å². The van der Waals surface area contributed by atoms with Crippen molar-refractivity contribution >= 4 is 11.3 Å². The molecule has 1 atom stereocenters. The smallest absolute Gasteiger partial charge is 0.132 e. The number of aliphatic hydroxyl groups is 1. The Morgan fingerprint density at radius 2 is 2.00 bits per heavy atom. The minimum atomic E-state index is -1.03. The van der Waals surface area contributed by atoms with Gasteiger partial charge in [-0.1, -0.05) is 6.07 Å². The SMILES string of the molecule is Cc1ccsc1C(O)c1ccc(F)cc1F. The number of benzene rings is 1. The number of aliphatic hydroxyl groups excluding tert-OH is 1. The minimum absolute atomic E-state index is 0.104. The molecule has 0 radical (unpaired) electrons. The highest BCUT2D eigenvalue weighted by atomic mass is 32.1. The van der Waals surface area contributed by atoms with E-state index in [0.29, 0.717) is 4.88 Å². The summed E-state index contributed by atoms with van der Waals surface area (Å²) in [5.41, 5.74) is 1.01. The third-order valence-corrected chi connectivity index (χ3v) is 3.48. The van der Waals surface area contributed by atoms with Crippen molar-refractivity contribution in [1.82, 2.24) is 0 Å². The van der Waals surface area contributed by atoms with Crippen molar-refractivity contribution in [2.75, 3.05) is 0 Å². The van der Waals surface area contributed by atoms with Crippen LogP contribution in [0.2, 0.25) is 0 Å². The summed E-state index contributed by atoms with van der Waals surface area (Å²) < 4.78 is 26.1. The summed E-state index contributed by atoms with van der Waals surface area (Å²) >= 11 is 1.35. The molecule has 0 aliphatic heterocycles. The number of hydrogen-bond donors (Lipinski definition) is 1. The van der Waals surface area contributed by atoms with Crippen molar-refractivity contribution in [1.29, 1.82) is 0 Å². The fourth-order valence-corrected chi connectivity index (χ4v) is 2.46. The lowest BCUT2D eigenvalue weighted by Gasteiger charge is -2.11. The first-order chi connectivity index (χ1) is 7.59. The number of thiophene rings is 1. The monoisotopic (exact) mass is 240 g/mol. The van der Waals surface area contributed by atoms with E-state index in [1.165, 1.54) is 17.4 Å². The third kappa shape index (κ3) is 1.99. The molecule has 0 aliphatic rings. The van der Waals surface area contributed by atoms with Crippen molar-refractivity contribution in [3.05, 3.63) is 57.3 Å². The molecule has 1 nitrogen and oxygen atoms in total. The second-order valence-corrected chi connectivity index (χ2v) is 4.48. The van der Waals surface area contributed by atoms with Crippen LogP contribution < -0.4 is 0 Å². The van der Waals surface area contributed by atoms with Crippen LogP contribution in [0.15, 0.2) is 29.6 Å². The predicted molar refractivity (Wildman–Crippen MR) is 59.5 cm³/mol. The molecule has 0 aliphatic carbocycles. The van der Waals surface area contributed by atoms with Gasteiger partial charge in [-0.2, -0.15) is 0 Å². The Bertz CT molecular complexity index is 507. The summed E-state index contributed by atoms with van der Waals surface area (Å²) in [6, 6.07) is 5.05. The lowest BCUT2D eigenvalue weighted by molar-refractivity contribution is 0.218. The second-order valence-electron chi connectivity index (χ2n) is 3.54. The normalized spacial score (nSPS) is 12.8. The van der Waals surface area contributed by atoms with Crippen molar-refractivity contribution in [3.8, 4) is 0 Å². The number of hydrogen-bond acceptors (Lipinski definition) is 2. The average molecular weight is 240 g/mol. The molecule has 2 rings (SSSR count). The van der Waals surface area contributed by atoms with E-state index in [1.54, 1.807) is 0 Å². The van der Waals surface area contributed by atoms with E-state index in [4.69, 9.17) is 0 Å². The van der Waals surface area contributed by atoms with Crippen molar-refractivity contribution in [2.45, 2.75) is 13.0 Å². The molecular formula is C12H10F2OS. The van der Waals surface area contributed by atoms with E-state index in [-0.39, 0.29) is 5.56 Å². The highest BCUT2D eigenvalue weighted by Gasteiger charge is 2.18. The zero-order chi connectivity index (χ0) is 11.7. The molecule has 1 unspecified atom stereocenters. The number of rotatable bonds is 2. The Labute approximate surface area is 96.0 Å². The topological polar surface area (TPSA) is 20.2 Å². The molecule has 0 saturated heterocycles. The van der Waals surface area contributed by atoms with Crippen LogP contribution in [-0.4, -0.2) is 5.11 Å². The maximum atomic E-state index is 13.4. The van der Waals surface area contributed by atoms with E-state index in [1.807, 2.05) is 18.4 Å². The van der Waals surface area contributed by atoms with Gasteiger partial charge in [0.25, 0.3) is 0 Å². The molecule has 0 bridgehead atoms. The predicted octanol–water partition coefficient (Wildman–Crippen LogP) is 3.42. The highest BCUT2D eigenvalue weighted by molar-refractivity contribution is 7.10. The van der Waals surface area contributed by atoms with Crippen LogP contribution >= 0.6 is 11.3 Å². The van der Waals surface area contributed by atoms with Gasteiger partial charge in [-0.25, -0.2) is 8.78 Å². The largest absolute Gasteiger partial charge is 0.383 e. The van der Waals surface area contributed by atoms with Crippen LogP contribution in [0.5, 0.6) is 0 Å². The molecule has 0 fully saturated rings. The van der Waals surface area contributed by atoms with Gasteiger partial charge in [-0.15, -0.1) is 11.3 Å². The third-order valence-electron chi connectivity index (χ3n) is 2.41. The van der Waals surface area contributed by atoms with E-state index in [9.17, 15) is 13.9 Å². The van der Waals surface area contributed by atoms with Gasteiger partial charge in [0.2, 0.25) is 0 Å². The Kier molecular flexibility index (Phi) is 3.03. The van der Waals surface area contributed by atoms with Gasteiger partial charge in [-0.05, 0) is 30.0 Å². The molecule has 16 heavy (non-hydrogen) atoms. The maximum absolute atomic E-state index is 13.4. The molecule has 0 saturated carbocycles. The first-order valence-electron chi connectivity index (χ1n) is 4.76. The van der Waals surface area contributed by atoms with Crippen LogP contribution in [0.4, 0.5) is 8.78 Å². The first-order valence-corrected chi connectivity index (χ1v) is 5.64.